The van der Waals surface area contributed by atoms with Crippen LogP contribution in [-0.4, -0.2) is 9.55 Å². The molecule has 2 heteroatoms. The first-order valence-electron chi connectivity index (χ1n) is 9.75. The van der Waals surface area contributed by atoms with Crippen molar-refractivity contribution in [3.05, 3.63) is 94.7 Å². The number of imidazole rings is 1. The molecule has 0 aliphatic carbocycles. The van der Waals surface area contributed by atoms with Crippen molar-refractivity contribution in [2.45, 2.75) is 34.6 Å². The molecule has 0 spiro atoms. The van der Waals surface area contributed by atoms with E-state index in [1.807, 2.05) is 12.3 Å². The van der Waals surface area contributed by atoms with E-state index in [1.54, 1.807) is 0 Å². The van der Waals surface area contributed by atoms with Gasteiger partial charge < -0.3 is 0 Å². The first-order chi connectivity index (χ1) is 13.5. The largest absolute Gasteiger partial charge is 0.292 e. The molecule has 1 heterocycles. The van der Waals surface area contributed by atoms with E-state index >= 15 is 0 Å². The second kappa shape index (κ2) is 7.12. The van der Waals surface area contributed by atoms with Gasteiger partial charge in [-0.05, 0) is 56.9 Å². The molecule has 0 radical (unpaired) electrons. The van der Waals surface area contributed by atoms with Crippen LogP contribution in [0.5, 0.6) is 0 Å². The molecule has 0 fully saturated rings. The van der Waals surface area contributed by atoms with Crippen LogP contribution in [0.2, 0.25) is 0 Å². The van der Waals surface area contributed by atoms with Crippen LogP contribution in [0.4, 0.5) is 0 Å². The van der Waals surface area contributed by atoms with E-state index in [1.165, 1.54) is 39.1 Å². The molecular weight excluding hydrogens is 340 g/mol. The molecule has 0 N–H and O–H groups in total. The van der Waals surface area contributed by atoms with E-state index < -0.39 is 0 Å². The van der Waals surface area contributed by atoms with Crippen molar-refractivity contribution >= 4 is 0 Å². The number of hydrogen-bond acceptors (Lipinski definition) is 1. The third kappa shape index (κ3) is 3.05. The summed E-state index contributed by atoms with van der Waals surface area (Å²) in [4.78, 5) is 4.89. The van der Waals surface area contributed by atoms with Gasteiger partial charge in [-0.1, -0.05) is 66.2 Å². The van der Waals surface area contributed by atoms with E-state index in [-0.39, 0.29) is 0 Å². The van der Waals surface area contributed by atoms with Crippen LogP contribution in [0.1, 0.15) is 27.8 Å². The maximum Gasteiger partial charge on any atom is 0.145 e. The van der Waals surface area contributed by atoms with Gasteiger partial charge in [0, 0.05) is 11.1 Å². The summed E-state index contributed by atoms with van der Waals surface area (Å²) < 4.78 is 2.34. The second-order valence-electron chi connectivity index (χ2n) is 7.68. The standard InChI is InChI=1S/C26H26N2/c1-17-14-20(4)25(21(5)15-17)28-23(24-18(2)10-9-11-19(24)3)16-27-26(28)22-12-7-6-8-13-22/h6-16H,1-5H3. The Morgan fingerprint density at radius 3 is 1.89 bits per heavy atom. The molecule has 1 aromatic heterocycles. The highest BCUT2D eigenvalue weighted by Crippen LogP contribution is 2.36. The molecule has 140 valence electrons. The number of benzene rings is 3. The summed E-state index contributed by atoms with van der Waals surface area (Å²) in [6, 6.07) is 21.4. The molecule has 4 aromatic rings. The van der Waals surface area contributed by atoms with Gasteiger partial charge in [-0.3, -0.25) is 4.57 Å². The lowest BCUT2D eigenvalue weighted by Crippen LogP contribution is -2.06. The molecule has 0 bridgehead atoms. The van der Waals surface area contributed by atoms with E-state index in [0.29, 0.717) is 0 Å². The highest BCUT2D eigenvalue weighted by molar-refractivity contribution is 5.75. The van der Waals surface area contributed by atoms with Crippen LogP contribution in [0.25, 0.3) is 28.3 Å². The van der Waals surface area contributed by atoms with E-state index in [2.05, 4.69) is 93.8 Å². The zero-order chi connectivity index (χ0) is 19.8. The number of aromatic nitrogens is 2. The Morgan fingerprint density at radius 1 is 0.679 bits per heavy atom. The minimum Gasteiger partial charge on any atom is -0.292 e. The Labute approximate surface area is 167 Å². The SMILES string of the molecule is Cc1cc(C)c(-n2c(-c3c(C)cccc3C)cnc2-c2ccccc2)c(C)c1. The van der Waals surface area contributed by atoms with Gasteiger partial charge in [0.2, 0.25) is 0 Å². The summed E-state index contributed by atoms with van der Waals surface area (Å²) in [7, 11) is 0. The van der Waals surface area contributed by atoms with Crippen molar-refractivity contribution in [1.29, 1.82) is 0 Å². The van der Waals surface area contributed by atoms with Gasteiger partial charge >= 0.3 is 0 Å². The normalized spacial score (nSPS) is 11.0. The van der Waals surface area contributed by atoms with Crippen LogP contribution in [0.3, 0.4) is 0 Å². The van der Waals surface area contributed by atoms with Gasteiger partial charge in [-0.15, -0.1) is 0 Å². The first-order valence-corrected chi connectivity index (χ1v) is 9.75. The summed E-state index contributed by atoms with van der Waals surface area (Å²) >= 11 is 0. The van der Waals surface area contributed by atoms with Gasteiger partial charge in [0.05, 0.1) is 17.6 Å². The summed E-state index contributed by atoms with van der Waals surface area (Å²) in [6.45, 7) is 10.9. The van der Waals surface area contributed by atoms with Gasteiger partial charge in [-0.2, -0.15) is 0 Å². The molecule has 28 heavy (non-hydrogen) atoms. The lowest BCUT2D eigenvalue weighted by atomic mass is 9.99. The quantitative estimate of drug-likeness (QED) is 0.392. The van der Waals surface area contributed by atoms with E-state index in [9.17, 15) is 0 Å². The fourth-order valence-electron chi connectivity index (χ4n) is 4.29. The monoisotopic (exact) mass is 366 g/mol. The molecule has 0 unspecified atom stereocenters. The zero-order valence-corrected chi connectivity index (χ0v) is 17.2. The highest BCUT2D eigenvalue weighted by atomic mass is 15.1. The Balaban J connectivity index is 2.10. The van der Waals surface area contributed by atoms with Gasteiger partial charge in [0.15, 0.2) is 0 Å². The Kier molecular flexibility index (Phi) is 4.64. The molecule has 2 nitrogen and oxygen atoms in total. The summed E-state index contributed by atoms with van der Waals surface area (Å²) in [5, 5.41) is 0. The number of rotatable bonds is 3. The average molecular weight is 367 g/mol. The van der Waals surface area contributed by atoms with Crippen molar-refractivity contribution in [2.75, 3.05) is 0 Å². The average Bonchev–Trinajstić information content (AvgIpc) is 3.06. The van der Waals surface area contributed by atoms with Crippen LogP contribution >= 0.6 is 0 Å². The van der Waals surface area contributed by atoms with Crippen LogP contribution < -0.4 is 0 Å². The minimum atomic E-state index is 0.980. The Bertz CT molecular complexity index is 1110. The fraction of sp³-hybridized carbons (Fsp3) is 0.192. The molecule has 0 atom stereocenters. The molecule has 4 rings (SSSR count). The molecule has 0 saturated carbocycles. The Morgan fingerprint density at radius 2 is 1.29 bits per heavy atom. The minimum absolute atomic E-state index is 0.980. The van der Waals surface area contributed by atoms with Crippen molar-refractivity contribution in [3.63, 3.8) is 0 Å². The van der Waals surface area contributed by atoms with Crippen molar-refractivity contribution in [1.82, 2.24) is 9.55 Å². The van der Waals surface area contributed by atoms with Gasteiger partial charge in [0.1, 0.15) is 5.82 Å². The topological polar surface area (TPSA) is 17.8 Å². The zero-order valence-electron chi connectivity index (χ0n) is 17.2. The fourth-order valence-corrected chi connectivity index (χ4v) is 4.29. The first kappa shape index (κ1) is 18.2. The Hall–Kier alpha value is -3.13. The van der Waals surface area contributed by atoms with Crippen LogP contribution in [0.15, 0.2) is 66.9 Å². The lowest BCUT2D eigenvalue weighted by Gasteiger charge is -2.20. The van der Waals surface area contributed by atoms with Crippen molar-refractivity contribution in [3.8, 4) is 28.3 Å². The van der Waals surface area contributed by atoms with Gasteiger partial charge in [0.25, 0.3) is 0 Å². The molecular formula is C26H26N2. The predicted molar refractivity (Wildman–Crippen MR) is 118 cm³/mol. The summed E-state index contributed by atoms with van der Waals surface area (Å²) in [5.41, 5.74) is 11.1. The third-order valence-corrected chi connectivity index (χ3v) is 5.39. The maximum atomic E-state index is 4.89. The highest BCUT2D eigenvalue weighted by Gasteiger charge is 2.20. The molecule has 0 aliphatic rings. The van der Waals surface area contributed by atoms with E-state index in [4.69, 9.17) is 4.98 Å². The molecule has 0 aliphatic heterocycles. The molecule has 3 aromatic carbocycles. The molecule has 0 amide bonds. The van der Waals surface area contributed by atoms with Crippen molar-refractivity contribution in [2.24, 2.45) is 0 Å². The van der Waals surface area contributed by atoms with Crippen LogP contribution in [-0.2, 0) is 0 Å². The number of hydrogen-bond donors (Lipinski definition) is 0. The maximum absolute atomic E-state index is 4.89. The van der Waals surface area contributed by atoms with Gasteiger partial charge in [-0.25, -0.2) is 4.98 Å². The second-order valence-corrected chi connectivity index (χ2v) is 7.68. The van der Waals surface area contributed by atoms with E-state index in [0.717, 1.165) is 17.1 Å². The summed E-state index contributed by atoms with van der Waals surface area (Å²) in [6.07, 6.45) is 2.02. The molecule has 0 saturated heterocycles. The lowest BCUT2D eigenvalue weighted by molar-refractivity contribution is 1.03. The predicted octanol–water partition coefficient (Wildman–Crippen LogP) is 6.75. The van der Waals surface area contributed by atoms with Crippen molar-refractivity contribution < 1.29 is 0 Å². The smallest absolute Gasteiger partial charge is 0.145 e. The number of nitrogens with zero attached hydrogens (tertiary/aromatic N) is 2. The summed E-state index contributed by atoms with van der Waals surface area (Å²) in [5.74, 6) is 0.980. The third-order valence-electron chi connectivity index (χ3n) is 5.39. The number of aryl methyl sites for hydroxylation is 5. The van der Waals surface area contributed by atoms with Crippen LogP contribution in [0, 0.1) is 34.6 Å².